The van der Waals surface area contributed by atoms with Crippen LogP contribution < -0.4 is 5.32 Å². The van der Waals surface area contributed by atoms with Gasteiger partial charge in [0.25, 0.3) is 0 Å². The van der Waals surface area contributed by atoms with Crippen molar-refractivity contribution in [3.63, 3.8) is 0 Å². The predicted molar refractivity (Wildman–Crippen MR) is 84.9 cm³/mol. The largest absolute Gasteiger partial charge is 0.300 e. The normalized spacial score (nSPS) is 15.7. The molecule has 1 aromatic heterocycles. The fraction of sp³-hybridized carbons (Fsp3) is 0.400. The first-order chi connectivity index (χ1) is 10.2. The number of amides is 1. The second-order valence-electron chi connectivity index (χ2n) is 5.27. The molecule has 21 heavy (non-hydrogen) atoms. The molecule has 1 fully saturated rings. The van der Waals surface area contributed by atoms with E-state index in [0.717, 1.165) is 36.3 Å². The van der Waals surface area contributed by atoms with Crippen LogP contribution >= 0.6 is 22.9 Å². The molecule has 1 saturated carbocycles. The molecule has 0 spiro atoms. The molecule has 6 heteroatoms. The third kappa shape index (κ3) is 2.80. The minimum atomic E-state index is -0.491. The highest BCUT2D eigenvalue weighted by Crippen LogP contribution is 2.51. The number of benzene rings is 1. The van der Waals surface area contributed by atoms with Gasteiger partial charge in [-0.15, -0.1) is 10.2 Å². The minimum Gasteiger partial charge on any atom is -0.300 e. The Labute approximate surface area is 132 Å². The van der Waals surface area contributed by atoms with Crippen LogP contribution in [0.3, 0.4) is 0 Å². The van der Waals surface area contributed by atoms with Gasteiger partial charge < -0.3 is 0 Å². The summed E-state index contributed by atoms with van der Waals surface area (Å²) in [6.45, 7) is 2.09. The van der Waals surface area contributed by atoms with E-state index in [4.69, 9.17) is 11.6 Å². The lowest BCUT2D eigenvalue weighted by Crippen LogP contribution is -2.28. The Bertz CT molecular complexity index is 666. The highest BCUT2D eigenvalue weighted by Gasteiger charge is 2.52. The summed E-state index contributed by atoms with van der Waals surface area (Å²) in [5, 5.41) is 13.2. The summed E-state index contributed by atoms with van der Waals surface area (Å²) in [5.41, 5.74) is 0.414. The highest BCUT2D eigenvalue weighted by molar-refractivity contribution is 7.15. The van der Waals surface area contributed by atoms with Crippen LogP contribution in [0.2, 0.25) is 5.02 Å². The first kappa shape index (κ1) is 14.5. The van der Waals surface area contributed by atoms with Crippen LogP contribution in [-0.2, 0) is 16.6 Å². The summed E-state index contributed by atoms with van der Waals surface area (Å²) in [5.74, 6) is -0.0326. The Kier molecular flexibility index (Phi) is 3.95. The first-order valence-electron chi connectivity index (χ1n) is 7.04. The lowest BCUT2D eigenvalue weighted by molar-refractivity contribution is -0.118. The number of hydrogen-bond acceptors (Lipinski definition) is 4. The van der Waals surface area contributed by atoms with Gasteiger partial charge in [-0.2, -0.15) is 0 Å². The van der Waals surface area contributed by atoms with Crippen LogP contribution in [0.15, 0.2) is 24.3 Å². The summed E-state index contributed by atoms with van der Waals surface area (Å²) in [4.78, 5) is 12.6. The van der Waals surface area contributed by atoms with E-state index in [9.17, 15) is 4.79 Å². The van der Waals surface area contributed by atoms with E-state index in [-0.39, 0.29) is 5.91 Å². The molecule has 0 atom stereocenters. The second-order valence-corrected chi connectivity index (χ2v) is 6.74. The Balaban J connectivity index is 1.77. The monoisotopic (exact) mass is 321 g/mol. The van der Waals surface area contributed by atoms with Gasteiger partial charge in [-0.3, -0.25) is 10.1 Å². The van der Waals surface area contributed by atoms with Crippen LogP contribution in [-0.4, -0.2) is 16.1 Å². The van der Waals surface area contributed by atoms with Gasteiger partial charge in [0.05, 0.1) is 5.41 Å². The molecule has 1 aromatic carbocycles. The zero-order chi connectivity index (χ0) is 14.9. The van der Waals surface area contributed by atoms with Crippen molar-refractivity contribution in [3.05, 3.63) is 39.9 Å². The molecule has 2 aromatic rings. The first-order valence-corrected chi connectivity index (χ1v) is 8.24. The quantitative estimate of drug-likeness (QED) is 0.911. The molecule has 0 unspecified atom stereocenters. The van der Waals surface area contributed by atoms with Crippen molar-refractivity contribution in [2.24, 2.45) is 0 Å². The van der Waals surface area contributed by atoms with Crippen molar-refractivity contribution in [3.8, 4) is 0 Å². The fourth-order valence-corrected chi connectivity index (χ4v) is 3.58. The minimum absolute atomic E-state index is 0.0326. The molecular formula is C15H16ClN3OS. The second kappa shape index (κ2) is 5.73. The zero-order valence-corrected chi connectivity index (χ0v) is 13.3. The molecule has 3 rings (SSSR count). The van der Waals surface area contributed by atoms with Crippen LogP contribution in [0.4, 0.5) is 5.13 Å². The van der Waals surface area contributed by atoms with E-state index < -0.39 is 5.41 Å². The number of carbonyl (C=O) groups is 1. The van der Waals surface area contributed by atoms with E-state index in [1.54, 1.807) is 0 Å². The van der Waals surface area contributed by atoms with Gasteiger partial charge in [0.1, 0.15) is 5.01 Å². The van der Waals surface area contributed by atoms with Gasteiger partial charge in [-0.25, -0.2) is 0 Å². The molecule has 1 amide bonds. The molecule has 1 aliphatic carbocycles. The van der Waals surface area contributed by atoms with Crippen LogP contribution in [0, 0.1) is 0 Å². The van der Waals surface area contributed by atoms with Gasteiger partial charge in [0, 0.05) is 11.4 Å². The van der Waals surface area contributed by atoms with Crippen LogP contribution in [0.25, 0.3) is 0 Å². The van der Waals surface area contributed by atoms with Gasteiger partial charge in [0.2, 0.25) is 11.0 Å². The van der Waals surface area contributed by atoms with Gasteiger partial charge in [-0.1, -0.05) is 48.1 Å². The maximum Gasteiger partial charge on any atom is 0.236 e. The van der Waals surface area contributed by atoms with E-state index in [0.29, 0.717) is 10.2 Å². The number of aryl methyl sites for hydroxylation is 1. The van der Waals surface area contributed by atoms with Gasteiger partial charge in [0.15, 0.2) is 0 Å². The lowest BCUT2D eigenvalue weighted by Gasteiger charge is -2.15. The summed E-state index contributed by atoms with van der Waals surface area (Å²) < 4.78 is 0. The molecule has 1 aliphatic rings. The molecule has 0 radical (unpaired) electrons. The van der Waals surface area contributed by atoms with Gasteiger partial charge >= 0.3 is 0 Å². The van der Waals surface area contributed by atoms with Crippen molar-refractivity contribution in [2.75, 3.05) is 5.32 Å². The summed E-state index contributed by atoms with van der Waals surface area (Å²) in [6.07, 6.45) is 3.56. The van der Waals surface area contributed by atoms with Crippen LogP contribution in [0.5, 0.6) is 0 Å². The number of carbonyl (C=O) groups excluding carboxylic acids is 1. The number of halogens is 1. The Morgan fingerprint density at radius 2 is 2.14 bits per heavy atom. The SMILES string of the molecule is CCCc1nnc(NC(=O)C2(c3ccccc3Cl)CC2)s1. The van der Waals surface area contributed by atoms with E-state index in [2.05, 4.69) is 22.4 Å². The van der Waals surface area contributed by atoms with Crippen molar-refractivity contribution < 1.29 is 4.79 Å². The van der Waals surface area contributed by atoms with Gasteiger partial charge in [-0.05, 0) is 30.9 Å². The predicted octanol–water partition coefficient (Wildman–Crippen LogP) is 3.81. The molecule has 0 saturated heterocycles. The summed E-state index contributed by atoms with van der Waals surface area (Å²) >= 11 is 7.68. The maximum absolute atomic E-state index is 12.6. The molecule has 110 valence electrons. The number of aromatic nitrogens is 2. The van der Waals surface area contributed by atoms with Crippen molar-refractivity contribution in [1.82, 2.24) is 10.2 Å². The molecule has 4 nitrogen and oxygen atoms in total. The van der Waals surface area contributed by atoms with E-state index in [1.165, 1.54) is 11.3 Å². The Morgan fingerprint density at radius 3 is 2.81 bits per heavy atom. The topological polar surface area (TPSA) is 54.9 Å². The Hall–Kier alpha value is -1.46. The smallest absolute Gasteiger partial charge is 0.236 e. The summed E-state index contributed by atoms with van der Waals surface area (Å²) in [7, 11) is 0. The van der Waals surface area contributed by atoms with Crippen molar-refractivity contribution in [1.29, 1.82) is 0 Å². The Morgan fingerprint density at radius 1 is 1.38 bits per heavy atom. The van der Waals surface area contributed by atoms with E-state index in [1.807, 2.05) is 24.3 Å². The number of hydrogen-bond donors (Lipinski definition) is 1. The average molecular weight is 322 g/mol. The molecule has 1 N–H and O–H groups in total. The third-order valence-electron chi connectivity index (χ3n) is 3.73. The summed E-state index contributed by atoms with van der Waals surface area (Å²) in [6, 6.07) is 7.55. The standard InChI is InChI=1S/C15H16ClN3OS/c1-2-5-12-18-19-14(21-12)17-13(20)15(8-9-15)10-6-3-4-7-11(10)16/h3-4,6-7H,2,5,8-9H2,1H3,(H,17,19,20). The molecule has 0 bridgehead atoms. The fourth-order valence-electron chi connectivity index (χ4n) is 2.43. The zero-order valence-electron chi connectivity index (χ0n) is 11.7. The lowest BCUT2D eigenvalue weighted by atomic mass is 9.95. The number of nitrogens with zero attached hydrogens (tertiary/aromatic N) is 2. The number of rotatable bonds is 5. The van der Waals surface area contributed by atoms with Crippen LogP contribution in [0.1, 0.15) is 36.8 Å². The number of anilines is 1. The van der Waals surface area contributed by atoms with Crippen molar-refractivity contribution >= 4 is 34.0 Å². The van der Waals surface area contributed by atoms with Crippen molar-refractivity contribution in [2.45, 2.75) is 38.0 Å². The maximum atomic E-state index is 12.6. The van der Waals surface area contributed by atoms with E-state index >= 15 is 0 Å². The molecule has 1 heterocycles. The number of nitrogens with one attached hydrogen (secondary N) is 1. The highest BCUT2D eigenvalue weighted by atomic mass is 35.5. The average Bonchev–Trinajstić information content (AvgIpc) is 3.17. The third-order valence-corrected chi connectivity index (χ3v) is 4.95. The molecular weight excluding hydrogens is 306 g/mol. The molecule has 0 aliphatic heterocycles.